The molecule has 0 aromatic heterocycles. The number of halogens is 3. The Morgan fingerprint density at radius 1 is 1.45 bits per heavy atom. The van der Waals surface area contributed by atoms with Gasteiger partial charge in [0, 0.05) is 0 Å². The van der Waals surface area contributed by atoms with Gasteiger partial charge in [0.05, 0.1) is 0 Å². The Morgan fingerprint density at radius 3 is 2.18 bits per heavy atom. The highest BCUT2D eigenvalue weighted by Crippen LogP contribution is 2.51. The van der Waals surface area contributed by atoms with Gasteiger partial charge in [-0.25, -0.2) is 5.16 Å². The molecule has 0 heterocycles. The molecule has 4 nitrogen and oxygen atoms in total. The second-order valence-electron chi connectivity index (χ2n) is 1.46. The molecular weight excluding hydrogens is 186 g/mol. The summed E-state index contributed by atoms with van der Waals surface area (Å²) in [4.78, 5) is 19.5. The number of hydrogen-bond acceptors (Lipinski definition) is 4. The van der Waals surface area contributed by atoms with Crippen LogP contribution >= 0.6 is 7.90 Å². The summed E-state index contributed by atoms with van der Waals surface area (Å²) in [6, 6.07) is -2.07. The van der Waals surface area contributed by atoms with E-state index in [1.165, 1.54) is 0 Å². The van der Waals surface area contributed by atoms with Gasteiger partial charge in [-0.15, -0.1) is 8.39 Å². The van der Waals surface area contributed by atoms with Gasteiger partial charge in [-0.3, -0.25) is 9.59 Å². The van der Waals surface area contributed by atoms with E-state index in [1.54, 1.807) is 0 Å². The molecule has 0 aromatic rings. The fourth-order valence-corrected chi connectivity index (χ4v) is 0.594. The molecule has 0 aliphatic carbocycles. The van der Waals surface area contributed by atoms with Crippen LogP contribution in [-0.2, 0) is 14.1 Å². The minimum absolute atomic E-state index is 1.37. The van der Waals surface area contributed by atoms with Crippen molar-refractivity contribution < 1.29 is 26.9 Å². The summed E-state index contributed by atoms with van der Waals surface area (Å²) in [6.45, 7) is 0. The first-order chi connectivity index (χ1) is 4.81. The van der Waals surface area contributed by atoms with Crippen LogP contribution in [0.5, 0.6) is 0 Å². The first-order valence-corrected chi connectivity index (χ1v) is 3.74. The maximum atomic E-state index is 11.5. The second kappa shape index (κ2) is 3.52. The Balaban J connectivity index is 3.90. The van der Waals surface area contributed by atoms with Crippen LogP contribution in [0.15, 0.2) is 0 Å². The van der Waals surface area contributed by atoms with Crippen molar-refractivity contribution in [3.63, 3.8) is 0 Å². The molecule has 0 aliphatic heterocycles. The normalized spacial score (nSPS) is 10.8. The van der Waals surface area contributed by atoms with E-state index in [-0.39, 0.29) is 0 Å². The fraction of sp³-hybridized carbons (Fsp3) is 0.333. The molecule has 0 saturated carbocycles. The summed E-state index contributed by atoms with van der Waals surface area (Å²) in [7, 11) is -5.45. The predicted molar refractivity (Wildman–Crippen MR) is 28.7 cm³/mol. The van der Waals surface area contributed by atoms with Crippen LogP contribution < -0.4 is 0 Å². The molecule has 0 unspecified atom stereocenters. The molecule has 0 rings (SSSR count). The number of rotatable bonds is 3. The smallest absolute Gasteiger partial charge is 0.379 e. The molecule has 0 aliphatic rings. The highest BCUT2D eigenvalue weighted by molar-refractivity contribution is 7.49. The van der Waals surface area contributed by atoms with Crippen LogP contribution in [0.2, 0.25) is 0 Å². The number of nitrogens with one attached hydrogen (secondary N) is 1. The zero-order valence-electron chi connectivity index (χ0n) is 5.01. The highest BCUT2D eigenvalue weighted by Gasteiger charge is 2.22. The first kappa shape index (κ1) is 10.2. The van der Waals surface area contributed by atoms with Crippen LogP contribution in [0.4, 0.5) is 12.8 Å². The number of hydrogen-bond donors (Lipinski definition) is 1. The van der Waals surface area contributed by atoms with Gasteiger partial charge in [-0.2, -0.15) is 4.39 Å². The molecule has 11 heavy (non-hydrogen) atoms. The maximum absolute atomic E-state index is 11.5. The standard InChI is InChI=1S/C3H3F3NO3P/c4-2(8)1-3(9)10-11(5,6)7/h7H,1H2. The number of carbonyl (C=O) groups excluding carboxylic acids is 2. The summed E-state index contributed by atoms with van der Waals surface area (Å²) in [5.74, 6) is -1.72. The Hall–Kier alpha value is -0.840. The predicted octanol–water partition coefficient (Wildman–Crippen LogP) is 1.88. The van der Waals surface area contributed by atoms with Crippen LogP contribution in [-0.4, -0.2) is 12.0 Å². The summed E-state index contributed by atoms with van der Waals surface area (Å²) in [5, 5.41) is 5.81. The molecule has 0 saturated heterocycles. The van der Waals surface area contributed by atoms with Gasteiger partial charge in [0.1, 0.15) is 6.42 Å². The lowest BCUT2D eigenvalue weighted by Gasteiger charge is -2.00. The molecule has 64 valence electrons. The molecule has 0 aromatic carbocycles. The quantitative estimate of drug-likeness (QED) is 0.418. The first-order valence-electron chi connectivity index (χ1n) is 2.25. The Morgan fingerprint density at radius 2 is 1.91 bits per heavy atom. The number of carbonyl (C=O) groups is 2. The molecule has 0 radical (unpaired) electrons. The van der Waals surface area contributed by atoms with E-state index in [0.717, 1.165) is 0 Å². The largest absolute Gasteiger partial charge is 0.487 e. The lowest BCUT2D eigenvalue weighted by molar-refractivity contribution is -0.141. The lowest BCUT2D eigenvalue weighted by Crippen LogP contribution is -2.04. The molecule has 0 bridgehead atoms. The summed E-state index contributed by atoms with van der Waals surface area (Å²) in [5.41, 5.74) is 0. The Kier molecular flexibility index (Phi) is 3.25. The second-order valence-corrected chi connectivity index (χ2v) is 2.56. The van der Waals surface area contributed by atoms with Crippen molar-refractivity contribution in [2.24, 2.45) is 0 Å². The molecule has 0 fully saturated rings. The van der Waals surface area contributed by atoms with Crippen LogP contribution in [0.1, 0.15) is 6.42 Å². The maximum Gasteiger partial charge on any atom is 0.487 e. The minimum Gasteiger partial charge on any atom is -0.379 e. The van der Waals surface area contributed by atoms with E-state index in [4.69, 9.17) is 5.16 Å². The van der Waals surface area contributed by atoms with Crippen LogP contribution in [0.25, 0.3) is 0 Å². The molecule has 0 amide bonds. The molecule has 8 heteroatoms. The van der Waals surface area contributed by atoms with E-state index >= 15 is 0 Å². The van der Waals surface area contributed by atoms with Crippen molar-refractivity contribution in [3.8, 4) is 0 Å². The van der Waals surface area contributed by atoms with Gasteiger partial charge < -0.3 is 4.52 Å². The van der Waals surface area contributed by atoms with E-state index < -0.39 is 26.3 Å². The van der Waals surface area contributed by atoms with Gasteiger partial charge >= 0.3 is 19.9 Å². The van der Waals surface area contributed by atoms with E-state index in [2.05, 4.69) is 4.52 Å². The van der Waals surface area contributed by atoms with Crippen molar-refractivity contribution in [2.45, 2.75) is 6.42 Å². The van der Waals surface area contributed by atoms with Gasteiger partial charge in [0.15, 0.2) is 0 Å². The molecule has 0 atom stereocenters. The van der Waals surface area contributed by atoms with Crippen LogP contribution in [0.3, 0.4) is 0 Å². The third-order valence-corrected chi connectivity index (χ3v) is 0.933. The van der Waals surface area contributed by atoms with E-state index in [0.29, 0.717) is 0 Å². The summed E-state index contributed by atoms with van der Waals surface area (Å²) < 4.78 is 37.4. The van der Waals surface area contributed by atoms with Crippen molar-refractivity contribution in [3.05, 3.63) is 0 Å². The van der Waals surface area contributed by atoms with Crippen molar-refractivity contribution in [2.75, 3.05) is 0 Å². The topological polar surface area (TPSA) is 67.2 Å². The average molecular weight is 189 g/mol. The van der Waals surface area contributed by atoms with Crippen molar-refractivity contribution in [1.82, 2.24) is 0 Å². The fourth-order valence-electron chi connectivity index (χ4n) is 0.274. The minimum atomic E-state index is -5.45. The SMILES string of the molecule is N=P(F)(F)OC(=O)CC(=O)F. The van der Waals surface area contributed by atoms with E-state index in [9.17, 15) is 22.4 Å². The summed E-state index contributed by atoms with van der Waals surface area (Å²) >= 11 is 0. The zero-order chi connectivity index (χ0) is 9.07. The molecule has 1 N–H and O–H groups in total. The van der Waals surface area contributed by atoms with Crippen molar-refractivity contribution in [1.29, 1.82) is 5.16 Å². The molecule has 0 spiro atoms. The lowest BCUT2D eigenvalue weighted by atomic mass is 10.5. The summed E-state index contributed by atoms with van der Waals surface area (Å²) in [6.07, 6.45) is -1.37. The third-order valence-electron chi connectivity index (χ3n) is 0.500. The average Bonchev–Trinajstić information content (AvgIpc) is 1.53. The third kappa shape index (κ3) is 7.05. The highest BCUT2D eigenvalue weighted by atomic mass is 31.2. The van der Waals surface area contributed by atoms with Gasteiger partial charge in [-0.05, 0) is 0 Å². The monoisotopic (exact) mass is 189 g/mol. The Bertz CT molecular complexity index is 224. The molecular formula is C3H3F3NO3P. The zero-order valence-corrected chi connectivity index (χ0v) is 5.91. The Labute approximate surface area is 59.5 Å². The van der Waals surface area contributed by atoms with Gasteiger partial charge in [0.25, 0.3) is 0 Å². The van der Waals surface area contributed by atoms with E-state index in [1.807, 2.05) is 0 Å². The van der Waals surface area contributed by atoms with Crippen molar-refractivity contribution >= 4 is 19.9 Å². The van der Waals surface area contributed by atoms with Crippen LogP contribution in [0, 0.1) is 5.16 Å². The van der Waals surface area contributed by atoms with Gasteiger partial charge in [-0.1, -0.05) is 0 Å². The van der Waals surface area contributed by atoms with Gasteiger partial charge in [0.2, 0.25) is 0 Å².